The van der Waals surface area contributed by atoms with Gasteiger partial charge in [-0.25, -0.2) is 9.18 Å². The highest BCUT2D eigenvalue weighted by molar-refractivity contribution is 7.18. The fourth-order valence-corrected chi connectivity index (χ4v) is 2.69. The van der Waals surface area contributed by atoms with Gasteiger partial charge in [-0.15, -0.1) is 11.3 Å². The normalized spacial score (nSPS) is 10.3. The number of methoxy groups -OCH3 is 1. The van der Waals surface area contributed by atoms with Gasteiger partial charge in [-0.1, -0.05) is 0 Å². The van der Waals surface area contributed by atoms with Crippen LogP contribution in [0.3, 0.4) is 0 Å². The van der Waals surface area contributed by atoms with Crippen LogP contribution in [0.2, 0.25) is 0 Å². The second-order valence-corrected chi connectivity index (χ2v) is 5.02. The maximum absolute atomic E-state index is 13.7. The lowest BCUT2D eigenvalue weighted by Crippen LogP contribution is -2.04. The van der Waals surface area contributed by atoms with Gasteiger partial charge in [0, 0.05) is 4.88 Å². The first-order valence-corrected chi connectivity index (χ1v) is 6.78. The van der Waals surface area contributed by atoms with E-state index in [9.17, 15) is 9.18 Å². The summed E-state index contributed by atoms with van der Waals surface area (Å²) in [5, 5.41) is 0. The number of halogens is 1. The van der Waals surface area contributed by atoms with Gasteiger partial charge in [-0.05, 0) is 36.8 Å². The van der Waals surface area contributed by atoms with E-state index >= 15 is 0 Å². The zero-order chi connectivity index (χ0) is 14.7. The molecule has 106 valence electrons. The third kappa shape index (κ3) is 2.75. The van der Waals surface area contributed by atoms with Crippen LogP contribution in [-0.4, -0.2) is 19.7 Å². The Morgan fingerprint density at radius 1 is 1.40 bits per heavy atom. The minimum absolute atomic E-state index is 0.170. The number of nitrogens with two attached hydrogens (primary N) is 1. The Morgan fingerprint density at radius 2 is 2.15 bits per heavy atom. The van der Waals surface area contributed by atoms with Gasteiger partial charge in [0.1, 0.15) is 4.88 Å². The number of nitrogen functional groups attached to an aromatic ring is 1. The van der Waals surface area contributed by atoms with Gasteiger partial charge in [0.25, 0.3) is 0 Å². The average molecular weight is 295 g/mol. The summed E-state index contributed by atoms with van der Waals surface area (Å²) in [5.41, 5.74) is 6.76. The van der Waals surface area contributed by atoms with Crippen LogP contribution in [0.1, 0.15) is 16.6 Å². The van der Waals surface area contributed by atoms with Crippen LogP contribution in [0.25, 0.3) is 10.4 Å². The molecule has 2 aromatic rings. The molecule has 4 nitrogen and oxygen atoms in total. The SMILES string of the molecule is CCOC(=O)c1sc(-c2ccc(OC)c(F)c2)cc1N. The van der Waals surface area contributed by atoms with E-state index < -0.39 is 11.8 Å². The van der Waals surface area contributed by atoms with Gasteiger partial charge < -0.3 is 15.2 Å². The zero-order valence-corrected chi connectivity index (χ0v) is 11.9. The first-order valence-electron chi connectivity index (χ1n) is 5.97. The second kappa shape index (κ2) is 5.92. The van der Waals surface area contributed by atoms with Crippen molar-refractivity contribution in [1.29, 1.82) is 0 Å². The molecule has 0 spiro atoms. The molecule has 0 saturated carbocycles. The zero-order valence-electron chi connectivity index (χ0n) is 11.1. The standard InChI is InChI=1S/C14H14FNO3S/c1-3-19-14(17)13-10(16)7-12(20-13)8-4-5-11(18-2)9(15)6-8/h4-7H,3,16H2,1-2H3. The van der Waals surface area contributed by atoms with Gasteiger partial charge in [0.15, 0.2) is 11.6 Å². The monoisotopic (exact) mass is 295 g/mol. The summed E-state index contributed by atoms with van der Waals surface area (Å²) >= 11 is 1.18. The summed E-state index contributed by atoms with van der Waals surface area (Å²) in [7, 11) is 1.40. The minimum atomic E-state index is -0.463. The molecule has 6 heteroatoms. The Bertz CT molecular complexity index is 639. The predicted molar refractivity (Wildman–Crippen MR) is 76.6 cm³/mol. The fraction of sp³-hybridized carbons (Fsp3) is 0.214. The van der Waals surface area contributed by atoms with Crippen LogP contribution in [0.5, 0.6) is 5.75 Å². The molecule has 0 radical (unpaired) electrons. The molecule has 1 aromatic heterocycles. The van der Waals surface area contributed by atoms with Gasteiger partial charge in [0.05, 0.1) is 19.4 Å². The van der Waals surface area contributed by atoms with Gasteiger partial charge in [-0.2, -0.15) is 0 Å². The van der Waals surface area contributed by atoms with Crippen molar-refractivity contribution in [2.75, 3.05) is 19.5 Å². The Balaban J connectivity index is 2.37. The molecule has 1 aromatic carbocycles. The Morgan fingerprint density at radius 3 is 2.75 bits per heavy atom. The van der Waals surface area contributed by atoms with Crippen molar-refractivity contribution in [2.45, 2.75) is 6.92 Å². The number of carbonyl (C=O) groups is 1. The highest BCUT2D eigenvalue weighted by atomic mass is 32.1. The van der Waals surface area contributed by atoms with Gasteiger partial charge >= 0.3 is 5.97 Å². The molecule has 0 bridgehead atoms. The summed E-state index contributed by atoms with van der Waals surface area (Å²) in [6.07, 6.45) is 0. The number of carbonyl (C=O) groups excluding carboxylic acids is 1. The third-order valence-corrected chi connectivity index (χ3v) is 3.84. The third-order valence-electron chi connectivity index (χ3n) is 2.66. The molecule has 0 unspecified atom stereocenters. The van der Waals surface area contributed by atoms with Crippen molar-refractivity contribution in [3.8, 4) is 16.2 Å². The lowest BCUT2D eigenvalue weighted by molar-refractivity contribution is 0.0533. The number of hydrogen-bond donors (Lipinski definition) is 1. The van der Waals surface area contributed by atoms with Crippen molar-refractivity contribution >= 4 is 23.0 Å². The molecule has 0 atom stereocenters. The van der Waals surface area contributed by atoms with E-state index in [1.807, 2.05) is 0 Å². The van der Waals surface area contributed by atoms with Crippen LogP contribution >= 0.6 is 11.3 Å². The predicted octanol–water partition coefficient (Wildman–Crippen LogP) is 3.32. The minimum Gasteiger partial charge on any atom is -0.494 e. The number of ether oxygens (including phenoxy) is 2. The van der Waals surface area contributed by atoms with Crippen LogP contribution in [0.4, 0.5) is 10.1 Å². The largest absolute Gasteiger partial charge is 0.494 e. The number of thiophene rings is 1. The van der Waals surface area contributed by atoms with Crippen molar-refractivity contribution in [2.24, 2.45) is 0 Å². The topological polar surface area (TPSA) is 61.5 Å². The van der Waals surface area contributed by atoms with E-state index in [1.54, 1.807) is 19.1 Å². The van der Waals surface area contributed by atoms with Crippen LogP contribution in [-0.2, 0) is 4.74 Å². The van der Waals surface area contributed by atoms with Crippen molar-refractivity contribution in [3.05, 3.63) is 35.0 Å². The van der Waals surface area contributed by atoms with Crippen molar-refractivity contribution in [3.63, 3.8) is 0 Å². The molecule has 0 aliphatic rings. The van der Waals surface area contributed by atoms with Crippen LogP contribution in [0.15, 0.2) is 24.3 Å². The molecule has 2 rings (SSSR count). The molecule has 20 heavy (non-hydrogen) atoms. The highest BCUT2D eigenvalue weighted by Gasteiger charge is 2.17. The molecular formula is C14H14FNO3S. The van der Waals surface area contributed by atoms with E-state index in [1.165, 1.54) is 30.6 Å². The summed E-state index contributed by atoms with van der Waals surface area (Å²) in [6.45, 7) is 2.00. The maximum Gasteiger partial charge on any atom is 0.350 e. The molecule has 0 aliphatic heterocycles. The van der Waals surface area contributed by atoms with Gasteiger partial charge in [0.2, 0.25) is 0 Å². The van der Waals surface area contributed by atoms with E-state index in [-0.39, 0.29) is 12.4 Å². The van der Waals surface area contributed by atoms with Crippen LogP contribution < -0.4 is 10.5 Å². The Kier molecular flexibility index (Phi) is 4.24. The molecule has 0 aliphatic carbocycles. The fourth-order valence-electron chi connectivity index (χ4n) is 1.72. The quantitative estimate of drug-likeness (QED) is 0.879. The molecule has 2 N–H and O–H groups in total. The maximum atomic E-state index is 13.7. The molecular weight excluding hydrogens is 281 g/mol. The summed E-state index contributed by atoms with van der Waals surface area (Å²) in [5.74, 6) is -0.756. The molecule has 0 fully saturated rings. The average Bonchev–Trinajstić information content (AvgIpc) is 2.81. The molecule has 0 saturated heterocycles. The number of anilines is 1. The lowest BCUT2D eigenvalue weighted by Gasteiger charge is -2.03. The summed E-state index contributed by atoms with van der Waals surface area (Å²) < 4.78 is 23.5. The number of rotatable bonds is 4. The molecule has 1 heterocycles. The Labute approximate surface area is 119 Å². The second-order valence-electron chi connectivity index (χ2n) is 3.96. The smallest absolute Gasteiger partial charge is 0.350 e. The lowest BCUT2D eigenvalue weighted by atomic mass is 10.1. The van der Waals surface area contributed by atoms with E-state index in [2.05, 4.69) is 0 Å². The van der Waals surface area contributed by atoms with Crippen LogP contribution in [0, 0.1) is 5.82 Å². The van der Waals surface area contributed by atoms with Crippen molar-refractivity contribution < 1.29 is 18.7 Å². The first-order chi connectivity index (χ1) is 9.56. The highest BCUT2D eigenvalue weighted by Crippen LogP contribution is 2.35. The van der Waals surface area contributed by atoms with E-state index in [0.29, 0.717) is 21.0 Å². The van der Waals surface area contributed by atoms with E-state index in [4.69, 9.17) is 15.2 Å². The number of hydrogen-bond acceptors (Lipinski definition) is 5. The van der Waals surface area contributed by atoms with E-state index in [0.717, 1.165) is 0 Å². The first kappa shape index (κ1) is 14.3. The molecule has 0 amide bonds. The van der Waals surface area contributed by atoms with Crippen molar-refractivity contribution in [1.82, 2.24) is 0 Å². The summed E-state index contributed by atoms with van der Waals surface area (Å²) in [4.78, 5) is 12.7. The number of esters is 1. The Hall–Kier alpha value is -2.08. The number of benzene rings is 1. The summed E-state index contributed by atoms with van der Waals surface area (Å²) in [6, 6.07) is 6.23. The van der Waals surface area contributed by atoms with Gasteiger partial charge in [-0.3, -0.25) is 0 Å².